The molecule has 0 spiro atoms. The van der Waals surface area contributed by atoms with Gasteiger partial charge in [-0.3, -0.25) is 4.79 Å². The first-order chi connectivity index (χ1) is 7.45. The van der Waals surface area contributed by atoms with Gasteiger partial charge in [-0.15, -0.1) is 0 Å². The first-order valence-corrected chi connectivity index (χ1v) is 7.53. The second-order valence-corrected chi connectivity index (χ2v) is 6.18. The van der Waals surface area contributed by atoms with Crippen molar-refractivity contribution in [3.8, 4) is 0 Å². The Morgan fingerprint density at radius 3 is 2.50 bits per heavy atom. The fourth-order valence-electron chi connectivity index (χ4n) is 1.48. The molecule has 0 radical (unpaired) electrons. The van der Waals surface area contributed by atoms with Crippen molar-refractivity contribution in [3.05, 3.63) is 0 Å². The Kier molecular flexibility index (Phi) is 4.73. The number of nitrogens with zero attached hydrogens (tertiary/aromatic N) is 1. The number of nitrogens with one attached hydrogen (secondary N) is 1. The van der Waals surface area contributed by atoms with E-state index in [1.807, 2.05) is 6.92 Å². The van der Waals surface area contributed by atoms with Gasteiger partial charge in [0.1, 0.15) is 0 Å². The Hall–Kier alpha value is -0.620. The van der Waals surface area contributed by atoms with Gasteiger partial charge >= 0.3 is 0 Å². The summed E-state index contributed by atoms with van der Waals surface area (Å²) in [6.45, 7) is 2.63. The van der Waals surface area contributed by atoms with E-state index < -0.39 is 10.0 Å². The number of amides is 1. The minimum absolute atomic E-state index is 0.0345. The Labute approximate surface area is 97.2 Å². The van der Waals surface area contributed by atoms with Gasteiger partial charge in [0.05, 0.1) is 12.8 Å². The molecule has 0 aromatic carbocycles. The molecule has 94 valence electrons. The summed E-state index contributed by atoms with van der Waals surface area (Å²) in [5.74, 6) is -0.203. The minimum Gasteiger partial charge on any atom is -0.355 e. The van der Waals surface area contributed by atoms with Gasteiger partial charge in [0.25, 0.3) is 0 Å². The number of hydrogen-bond donors (Lipinski definition) is 1. The molecule has 0 atom stereocenters. The molecule has 0 bridgehead atoms. The van der Waals surface area contributed by atoms with Gasteiger partial charge in [-0.1, -0.05) is 13.3 Å². The van der Waals surface area contributed by atoms with Crippen molar-refractivity contribution in [1.82, 2.24) is 9.62 Å². The zero-order chi connectivity index (χ0) is 12.2. The Balaban J connectivity index is 2.40. The van der Waals surface area contributed by atoms with Crippen LogP contribution in [0.1, 0.15) is 32.6 Å². The second-order valence-electron chi connectivity index (χ2n) is 4.24. The van der Waals surface area contributed by atoms with Gasteiger partial charge in [-0.25, -0.2) is 8.42 Å². The maximum atomic E-state index is 11.5. The summed E-state index contributed by atoms with van der Waals surface area (Å²) in [6, 6.07) is 0.0481. The topological polar surface area (TPSA) is 66.5 Å². The van der Waals surface area contributed by atoms with Crippen molar-refractivity contribution >= 4 is 15.9 Å². The molecule has 1 amide bonds. The summed E-state index contributed by atoms with van der Waals surface area (Å²) >= 11 is 0. The van der Waals surface area contributed by atoms with E-state index in [0.29, 0.717) is 6.54 Å². The largest absolute Gasteiger partial charge is 0.355 e. The third-order valence-electron chi connectivity index (χ3n) is 2.53. The summed E-state index contributed by atoms with van der Waals surface area (Å²) < 4.78 is 24.1. The lowest BCUT2D eigenvalue weighted by Gasteiger charge is -2.18. The predicted molar refractivity (Wildman–Crippen MR) is 62.5 cm³/mol. The molecule has 0 aliphatic heterocycles. The van der Waals surface area contributed by atoms with Crippen molar-refractivity contribution in [3.63, 3.8) is 0 Å². The van der Waals surface area contributed by atoms with Crippen molar-refractivity contribution < 1.29 is 13.2 Å². The first kappa shape index (κ1) is 13.4. The quantitative estimate of drug-likeness (QED) is 0.660. The second kappa shape index (κ2) is 5.63. The van der Waals surface area contributed by atoms with Gasteiger partial charge in [-0.2, -0.15) is 4.31 Å². The molecule has 1 N–H and O–H groups in total. The van der Waals surface area contributed by atoms with Crippen LogP contribution in [0.25, 0.3) is 0 Å². The molecule has 0 saturated heterocycles. The average Bonchev–Trinajstić information content (AvgIpc) is 2.96. The van der Waals surface area contributed by atoms with Crippen LogP contribution in [0.4, 0.5) is 0 Å². The summed E-state index contributed by atoms with van der Waals surface area (Å²) in [6.07, 6.45) is 4.84. The number of carbonyl (C=O) groups is 1. The lowest BCUT2D eigenvalue weighted by Crippen LogP contribution is -2.41. The molecular weight excluding hydrogens is 228 g/mol. The number of carbonyl (C=O) groups excluding carboxylic acids is 1. The summed E-state index contributed by atoms with van der Waals surface area (Å²) in [7, 11) is -3.25. The van der Waals surface area contributed by atoms with Crippen molar-refractivity contribution in [1.29, 1.82) is 0 Å². The lowest BCUT2D eigenvalue weighted by atomic mass is 10.3. The summed E-state index contributed by atoms with van der Waals surface area (Å²) in [4.78, 5) is 11.5. The van der Waals surface area contributed by atoms with Crippen LogP contribution in [0.15, 0.2) is 0 Å². The normalized spacial score (nSPS) is 16.4. The Morgan fingerprint density at radius 1 is 1.44 bits per heavy atom. The SMILES string of the molecule is CCCCNC(=O)CN(C1CC1)S(C)(=O)=O. The molecule has 6 heteroatoms. The van der Waals surface area contributed by atoms with Crippen molar-refractivity contribution in [2.24, 2.45) is 0 Å². The van der Waals surface area contributed by atoms with Gasteiger partial charge in [0.2, 0.25) is 15.9 Å². The van der Waals surface area contributed by atoms with Crippen LogP contribution in [0, 0.1) is 0 Å². The Morgan fingerprint density at radius 2 is 2.06 bits per heavy atom. The van der Waals surface area contributed by atoms with Gasteiger partial charge in [0, 0.05) is 12.6 Å². The van der Waals surface area contributed by atoms with Crippen molar-refractivity contribution in [2.75, 3.05) is 19.3 Å². The van der Waals surface area contributed by atoms with Gasteiger partial charge in [-0.05, 0) is 19.3 Å². The fourth-order valence-corrected chi connectivity index (χ4v) is 2.59. The Bertz CT molecular complexity index is 336. The molecule has 1 saturated carbocycles. The van der Waals surface area contributed by atoms with E-state index in [0.717, 1.165) is 31.9 Å². The van der Waals surface area contributed by atoms with Crippen LogP contribution in [0.3, 0.4) is 0 Å². The van der Waals surface area contributed by atoms with Crippen LogP contribution in [-0.2, 0) is 14.8 Å². The van der Waals surface area contributed by atoms with E-state index in [4.69, 9.17) is 0 Å². The van der Waals surface area contributed by atoms with Gasteiger partial charge in [0.15, 0.2) is 0 Å². The number of rotatable bonds is 7. The van der Waals surface area contributed by atoms with E-state index in [1.54, 1.807) is 0 Å². The molecule has 1 fully saturated rings. The summed E-state index contributed by atoms with van der Waals surface area (Å²) in [5.41, 5.74) is 0. The fraction of sp³-hybridized carbons (Fsp3) is 0.900. The third kappa shape index (κ3) is 4.49. The highest BCUT2D eigenvalue weighted by Crippen LogP contribution is 2.28. The maximum Gasteiger partial charge on any atom is 0.235 e. The van der Waals surface area contributed by atoms with E-state index in [-0.39, 0.29) is 18.5 Å². The van der Waals surface area contributed by atoms with Crippen LogP contribution < -0.4 is 5.32 Å². The number of hydrogen-bond acceptors (Lipinski definition) is 3. The highest BCUT2D eigenvalue weighted by atomic mass is 32.2. The van der Waals surface area contributed by atoms with E-state index in [2.05, 4.69) is 5.32 Å². The highest BCUT2D eigenvalue weighted by Gasteiger charge is 2.35. The molecule has 1 aliphatic rings. The van der Waals surface area contributed by atoms with Crippen LogP contribution in [0.5, 0.6) is 0 Å². The van der Waals surface area contributed by atoms with Crippen LogP contribution in [-0.4, -0.2) is 44.0 Å². The van der Waals surface area contributed by atoms with Crippen LogP contribution in [0.2, 0.25) is 0 Å². The minimum atomic E-state index is -3.25. The average molecular weight is 248 g/mol. The lowest BCUT2D eigenvalue weighted by molar-refractivity contribution is -0.121. The molecular formula is C10H20N2O3S. The zero-order valence-electron chi connectivity index (χ0n) is 9.90. The molecule has 0 unspecified atom stereocenters. The molecule has 0 aromatic heterocycles. The highest BCUT2D eigenvalue weighted by molar-refractivity contribution is 7.88. The third-order valence-corrected chi connectivity index (χ3v) is 3.81. The standard InChI is InChI=1S/C10H20N2O3S/c1-3-4-7-11-10(13)8-12(9-5-6-9)16(2,14)15/h9H,3-8H2,1-2H3,(H,11,13). The molecule has 5 nitrogen and oxygen atoms in total. The van der Waals surface area contributed by atoms with Crippen molar-refractivity contribution in [2.45, 2.75) is 38.6 Å². The van der Waals surface area contributed by atoms with Crippen LogP contribution >= 0.6 is 0 Å². The predicted octanol–water partition coefficient (Wildman–Crippen LogP) is 0.327. The molecule has 0 heterocycles. The monoisotopic (exact) mass is 248 g/mol. The summed E-state index contributed by atoms with van der Waals surface area (Å²) in [5, 5.41) is 2.72. The zero-order valence-corrected chi connectivity index (χ0v) is 10.7. The first-order valence-electron chi connectivity index (χ1n) is 5.68. The van der Waals surface area contributed by atoms with Gasteiger partial charge < -0.3 is 5.32 Å². The molecule has 1 aliphatic carbocycles. The maximum absolute atomic E-state index is 11.5. The number of sulfonamides is 1. The van der Waals surface area contributed by atoms with E-state index >= 15 is 0 Å². The molecule has 1 rings (SSSR count). The molecule has 16 heavy (non-hydrogen) atoms. The smallest absolute Gasteiger partial charge is 0.235 e. The van der Waals surface area contributed by atoms with E-state index in [1.165, 1.54) is 4.31 Å². The van der Waals surface area contributed by atoms with E-state index in [9.17, 15) is 13.2 Å². The molecule has 0 aromatic rings. The number of unbranched alkanes of at least 4 members (excludes halogenated alkanes) is 1.